The average molecular weight is 339 g/mol. The van der Waals surface area contributed by atoms with E-state index in [1.807, 2.05) is 0 Å². The third-order valence-electron chi connectivity index (χ3n) is 2.77. The molecule has 0 amide bonds. The molecule has 102 valence electrons. The Morgan fingerprint density at radius 1 is 0.789 bits per heavy atom. The maximum Gasteiger partial charge on any atom is 0.153 e. The minimum Gasteiger partial charge on any atom is -0.145 e. The van der Waals surface area contributed by atoms with Gasteiger partial charge in [-0.15, -0.1) is 22.4 Å². The Kier molecular flexibility index (Phi) is 7.24. The summed E-state index contributed by atoms with van der Waals surface area (Å²) < 4.78 is 0. The second-order valence-corrected chi connectivity index (χ2v) is 21.9. The second-order valence-electron chi connectivity index (χ2n) is 4.33. The van der Waals surface area contributed by atoms with Gasteiger partial charge in [0, 0.05) is 19.6 Å². The lowest BCUT2D eigenvalue weighted by Gasteiger charge is -2.13. The zero-order chi connectivity index (χ0) is 13.0. The van der Waals surface area contributed by atoms with Crippen LogP contribution < -0.4 is 0 Å². The Labute approximate surface area is 132 Å². The fourth-order valence-corrected chi connectivity index (χ4v) is 14.1. The molecule has 0 saturated heterocycles. The molecule has 2 aromatic carbocycles. The molecule has 0 bridgehead atoms. The molecule has 0 heterocycles. The number of rotatable bonds is 4. The highest BCUT2D eigenvalue weighted by molar-refractivity contribution is 8.58. The van der Waals surface area contributed by atoms with Crippen molar-refractivity contribution in [3.05, 3.63) is 59.7 Å². The van der Waals surface area contributed by atoms with Gasteiger partial charge in [-0.2, -0.15) is 0 Å². The van der Waals surface area contributed by atoms with Crippen LogP contribution in [-0.2, 0) is 0 Å². The van der Waals surface area contributed by atoms with Crippen LogP contribution >= 0.6 is 22.4 Å². The van der Waals surface area contributed by atoms with E-state index in [1.165, 1.54) is 30.7 Å². The molecule has 0 aliphatic heterocycles. The van der Waals surface area contributed by atoms with Crippen LogP contribution in [0.3, 0.4) is 0 Å². The van der Waals surface area contributed by atoms with E-state index in [1.54, 1.807) is 0 Å². The monoisotopic (exact) mass is 338 g/mol. The zero-order valence-corrected chi connectivity index (χ0v) is 15.8. The first-order valence-electron chi connectivity index (χ1n) is 6.11. The van der Waals surface area contributed by atoms with Gasteiger partial charge in [0.15, 0.2) is 6.61 Å². The molecule has 0 aromatic heterocycles. The van der Waals surface area contributed by atoms with Crippen molar-refractivity contribution in [2.45, 2.75) is 23.6 Å². The van der Waals surface area contributed by atoms with Crippen LogP contribution in [0.1, 0.15) is 11.1 Å². The van der Waals surface area contributed by atoms with Gasteiger partial charge in [0.2, 0.25) is 0 Å². The molecule has 0 atom stereocenters. The zero-order valence-electron chi connectivity index (χ0n) is 11.0. The minimum absolute atomic E-state index is 0. The summed E-state index contributed by atoms with van der Waals surface area (Å²) in [5.74, 6) is 0. The third kappa shape index (κ3) is 5.00. The summed E-state index contributed by atoms with van der Waals surface area (Å²) in [5, 5.41) is 0. The molecule has 0 aliphatic carbocycles. The fourth-order valence-electron chi connectivity index (χ4n) is 1.76. The van der Waals surface area contributed by atoms with Gasteiger partial charge in [-0.1, -0.05) is 36.4 Å². The van der Waals surface area contributed by atoms with E-state index in [9.17, 15) is 0 Å². The lowest BCUT2D eigenvalue weighted by atomic mass is 10.2. The van der Waals surface area contributed by atoms with Crippen LogP contribution in [0.5, 0.6) is 0 Å². The van der Waals surface area contributed by atoms with Crippen molar-refractivity contribution in [2.24, 2.45) is 0 Å². The largest absolute Gasteiger partial charge is 0.153 e. The summed E-state index contributed by atoms with van der Waals surface area (Å²) in [6.07, 6.45) is 0. The van der Waals surface area contributed by atoms with Gasteiger partial charge < -0.3 is 0 Å². The van der Waals surface area contributed by atoms with E-state index in [2.05, 4.69) is 84.8 Å². The molecule has 0 N–H and O–H groups in total. The normalized spacial score (nSPS) is 10.5. The number of hydrogen-bond acceptors (Lipinski definition) is 2. The molecule has 0 nitrogen and oxygen atoms in total. The smallest absolute Gasteiger partial charge is 0.145 e. The van der Waals surface area contributed by atoms with Crippen molar-refractivity contribution in [3.63, 3.8) is 0 Å². The fraction of sp³-hybridized carbons (Fsp3) is 0.143. The van der Waals surface area contributed by atoms with Crippen LogP contribution in [0.25, 0.3) is 0 Å². The summed E-state index contributed by atoms with van der Waals surface area (Å²) in [5.41, 5.74) is 2.84. The van der Waals surface area contributed by atoms with Gasteiger partial charge in [0.1, 0.15) is 0 Å². The maximum absolute atomic E-state index is 2.26. The standard InChI is InChI=1S/C14H18S2Si2.H4Si/c1-11-7-3-5-9-13(11)15-18(17)16-14-10-6-4-8-12(14)2;/h3-10,18H,1-2,17H3;1H4. The van der Waals surface area contributed by atoms with E-state index in [4.69, 9.17) is 0 Å². The predicted octanol–water partition coefficient (Wildman–Crippen LogP) is 1.82. The van der Waals surface area contributed by atoms with Crippen molar-refractivity contribution in [2.75, 3.05) is 0 Å². The maximum atomic E-state index is 2.26. The summed E-state index contributed by atoms with van der Waals surface area (Å²) in [4.78, 5) is 2.95. The van der Waals surface area contributed by atoms with Crippen molar-refractivity contribution < 1.29 is 0 Å². The molecule has 0 spiro atoms. The average Bonchev–Trinajstić information content (AvgIpc) is 2.35. The van der Waals surface area contributed by atoms with Gasteiger partial charge in [-0.05, 0) is 48.1 Å². The highest BCUT2D eigenvalue weighted by Crippen LogP contribution is 2.33. The second kappa shape index (κ2) is 8.16. The Morgan fingerprint density at radius 3 is 1.53 bits per heavy atom. The van der Waals surface area contributed by atoms with Crippen LogP contribution in [0, 0.1) is 13.8 Å². The predicted molar refractivity (Wildman–Crippen MR) is 102 cm³/mol. The Hall–Kier alpha value is -0.209. The minimum atomic E-state index is -0.739. The Balaban J connectivity index is 0.00000180. The van der Waals surface area contributed by atoms with Crippen LogP contribution in [0.15, 0.2) is 58.3 Å². The van der Waals surface area contributed by atoms with Crippen molar-refractivity contribution >= 4 is 49.8 Å². The number of benzene rings is 2. The van der Waals surface area contributed by atoms with E-state index in [0.29, 0.717) is 0 Å². The van der Waals surface area contributed by atoms with Gasteiger partial charge >= 0.3 is 0 Å². The molecule has 2 aromatic rings. The molecular formula is C14H22S2Si3. The summed E-state index contributed by atoms with van der Waals surface area (Å²) in [6, 6.07) is 17.5. The van der Waals surface area contributed by atoms with Gasteiger partial charge in [-0.25, -0.2) is 0 Å². The highest BCUT2D eigenvalue weighted by atomic mass is 32.6. The topological polar surface area (TPSA) is 0 Å². The Bertz CT molecular complexity index is 484. The molecule has 19 heavy (non-hydrogen) atoms. The lowest BCUT2D eigenvalue weighted by Crippen LogP contribution is -2.03. The first-order chi connectivity index (χ1) is 8.66. The molecule has 0 aliphatic rings. The van der Waals surface area contributed by atoms with Gasteiger partial charge in [0.25, 0.3) is 0 Å². The van der Waals surface area contributed by atoms with Crippen LogP contribution in [-0.4, -0.2) is 27.3 Å². The first-order valence-corrected chi connectivity index (χ1v) is 15.3. The van der Waals surface area contributed by atoms with Crippen molar-refractivity contribution in [1.29, 1.82) is 0 Å². The summed E-state index contributed by atoms with van der Waals surface area (Å²) >= 11 is 4.27. The quantitative estimate of drug-likeness (QED) is 0.780. The van der Waals surface area contributed by atoms with Crippen LogP contribution in [0.2, 0.25) is 0 Å². The van der Waals surface area contributed by atoms with E-state index < -0.39 is 6.61 Å². The van der Waals surface area contributed by atoms with Crippen molar-refractivity contribution in [3.8, 4) is 0 Å². The molecule has 0 radical (unpaired) electrons. The summed E-state index contributed by atoms with van der Waals surface area (Å²) in [6.45, 7) is 3.68. The molecular weight excluding hydrogens is 317 g/mol. The van der Waals surface area contributed by atoms with Crippen LogP contribution in [0.4, 0.5) is 0 Å². The molecule has 2 rings (SSSR count). The summed E-state index contributed by atoms with van der Waals surface area (Å²) in [7, 11) is 1.32. The van der Waals surface area contributed by atoms with Gasteiger partial charge in [-0.3, -0.25) is 0 Å². The lowest BCUT2D eigenvalue weighted by molar-refractivity contribution is 1.31. The molecule has 0 unspecified atom stereocenters. The number of aryl methyl sites for hydroxylation is 2. The third-order valence-corrected chi connectivity index (χ3v) is 14.4. The SMILES string of the molecule is Cc1ccccc1S[SiH]([SiH3])Sc1ccccc1C.[SiH4]. The molecule has 5 heteroatoms. The van der Waals surface area contributed by atoms with E-state index in [-0.39, 0.29) is 11.0 Å². The van der Waals surface area contributed by atoms with Gasteiger partial charge in [0.05, 0.1) is 0 Å². The van der Waals surface area contributed by atoms with Crippen molar-refractivity contribution in [1.82, 2.24) is 0 Å². The van der Waals surface area contributed by atoms with E-state index in [0.717, 1.165) is 0 Å². The Morgan fingerprint density at radius 2 is 1.16 bits per heavy atom. The number of hydrogen-bond donors (Lipinski definition) is 0. The molecule has 0 saturated carbocycles. The van der Waals surface area contributed by atoms with E-state index >= 15 is 0 Å². The highest BCUT2D eigenvalue weighted by Gasteiger charge is 2.10. The first kappa shape index (κ1) is 16.8. The molecule has 0 fully saturated rings.